The average molecular weight is 290 g/mol. The lowest BCUT2D eigenvalue weighted by Gasteiger charge is -1.98. The standard InChI is InChI=1S/C13H14N4O4/c18-10(19)6-3-7-14-13(21)17-16-11-8-4-1-2-5-9(8)15-12(11)20/h1-2,4-5,15,20H,3,6-7H2,(H,14,21)(H,18,19). The Morgan fingerprint density at radius 2 is 2.05 bits per heavy atom. The number of carbonyl (C=O) groups is 2. The van der Waals surface area contributed by atoms with E-state index in [-0.39, 0.29) is 24.5 Å². The Hall–Kier alpha value is -2.90. The van der Waals surface area contributed by atoms with Gasteiger partial charge in [0, 0.05) is 18.4 Å². The van der Waals surface area contributed by atoms with Gasteiger partial charge < -0.3 is 20.5 Å². The summed E-state index contributed by atoms with van der Waals surface area (Å²) in [7, 11) is 0. The summed E-state index contributed by atoms with van der Waals surface area (Å²) in [5.41, 5.74) is 0.872. The van der Waals surface area contributed by atoms with E-state index in [1.165, 1.54) is 0 Å². The number of aromatic nitrogens is 1. The molecule has 4 N–H and O–H groups in total. The number of carbonyl (C=O) groups excluding carboxylic acids is 1. The summed E-state index contributed by atoms with van der Waals surface area (Å²) >= 11 is 0. The molecule has 2 rings (SSSR count). The summed E-state index contributed by atoms with van der Waals surface area (Å²) in [5, 5.41) is 28.4. The number of hydrogen-bond acceptors (Lipinski definition) is 4. The van der Waals surface area contributed by atoms with Gasteiger partial charge in [0.1, 0.15) is 0 Å². The Bertz CT molecular complexity index is 693. The van der Waals surface area contributed by atoms with Crippen LogP contribution in [0.5, 0.6) is 5.88 Å². The number of aliphatic carboxylic acids is 1. The molecule has 0 aliphatic carbocycles. The summed E-state index contributed by atoms with van der Waals surface area (Å²) in [5.74, 6) is -1.09. The van der Waals surface area contributed by atoms with Crippen molar-refractivity contribution in [3.05, 3.63) is 24.3 Å². The first-order valence-corrected chi connectivity index (χ1v) is 6.29. The Morgan fingerprint density at radius 1 is 1.29 bits per heavy atom. The fourth-order valence-corrected chi connectivity index (χ4v) is 1.78. The molecule has 1 heterocycles. The van der Waals surface area contributed by atoms with E-state index in [1.807, 2.05) is 0 Å². The van der Waals surface area contributed by atoms with Gasteiger partial charge in [0.25, 0.3) is 0 Å². The monoisotopic (exact) mass is 290 g/mol. The SMILES string of the molecule is O=C(O)CCCNC(=O)N=Nc1c(O)[nH]c2ccccc12. The normalized spacial score (nSPS) is 11.0. The van der Waals surface area contributed by atoms with Crippen molar-refractivity contribution in [1.29, 1.82) is 0 Å². The van der Waals surface area contributed by atoms with Crippen LogP contribution in [0, 0.1) is 0 Å². The topological polar surface area (TPSA) is 127 Å². The molecule has 0 unspecified atom stereocenters. The van der Waals surface area contributed by atoms with Crippen molar-refractivity contribution in [3.8, 4) is 5.88 Å². The summed E-state index contributed by atoms with van der Waals surface area (Å²) in [6.45, 7) is 0.198. The van der Waals surface area contributed by atoms with E-state index in [9.17, 15) is 14.7 Å². The zero-order valence-corrected chi connectivity index (χ0v) is 11.0. The van der Waals surface area contributed by atoms with Gasteiger partial charge in [0.15, 0.2) is 5.69 Å². The molecule has 0 atom stereocenters. The van der Waals surface area contributed by atoms with Crippen LogP contribution in [0.1, 0.15) is 12.8 Å². The van der Waals surface area contributed by atoms with Crippen LogP contribution in [0.2, 0.25) is 0 Å². The number of nitrogens with one attached hydrogen (secondary N) is 2. The highest BCUT2D eigenvalue weighted by molar-refractivity contribution is 5.94. The lowest BCUT2D eigenvalue weighted by atomic mass is 10.2. The molecule has 0 radical (unpaired) electrons. The number of aromatic amines is 1. The van der Waals surface area contributed by atoms with Crippen molar-refractivity contribution < 1.29 is 19.8 Å². The summed E-state index contributed by atoms with van der Waals surface area (Å²) < 4.78 is 0. The Balaban J connectivity index is 1.98. The molecule has 0 saturated heterocycles. The molecule has 2 amide bonds. The van der Waals surface area contributed by atoms with Gasteiger partial charge in [-0.2, -0.15) is 0 Å². The fraction of sp³-hybridized carbons (Fsp3) is 0.231. The Morgan fingerprint density at radius 3 is 2.81 bits per heavy atom. The number of aromatic hydroxyl groups is 1. The zero-order chi connectivity index (χ0) is 15.2. The van der Waals surface area contributed by atoms with Crippen LogP contribution in [-0.4, -0.2) is 33.7 Å². The van der Waals surface area contributed by atoms with Gasteiger partial charge in [-0.1, -0.05) is 23.3 Å². The second kappa shape index (κ2) is 6.51. The predicted octanol–water partition coefficient (Wildman–Crippen LogP) is 2.53. The highest BCUT2D eigenvalue weighted by Gasteiger charge is 2.10. The molecule has 0 aliphatic heterocycles. The van der Waals surface area contributed by atoms with E-state index >= 15 is 0 Å². The first-order chi connectivity index (χ1) is 10.1. The number of rotatable bonds is 5. The predicted molar refractivity (Wildman–Crippen MR) is 74.7 cm³/mol. The molecule has 8 nitrogen and oxygen atoms in total. The van der Waals surface area contributed by atoms with E-state index in [0.29, 0.717) is 17.3 Å². The lowest BCUT2D eigenvalue weighted by Crippen LogP contribution is -2.21. The number of urea groups is 1. The average Bonchev–Trinajstić information content (AvgIpc) is 2.76. The molecule has 2 aromatic rings. The first-order valence-electron chi connectivity index (χ1n) is 6.29. The van der Waals surface area contributed by atoms with E-state index < -0.39 is 12.0 Å². The van der Waals surface area contributed by atoms with Crippen LogP contribution in [-0.2, 0) is 4.79 Å². The minimum atomic E-state index is -0.922. The minimum absolute atomic E-state index is 0.0271. The maximum absolute atomic E-state index is 11.4. The number of hydrogen-bond donors (Lipinski definition) is 4. The number of H-pyrrole nitrogens is 1. The maximum Gasteiger partial charge on any atom is 0.359 e. The molecule has 0 spiro atoms. The number of para-hydroxylation sites is 1. The van der Waals surface area contributed by atoms with Crippen LogP contribution in [0.3, 0.4) is 0 Å². The van der Waals surface area contributed by atoms with Gasteiger partial charge in [-0.15, -0.1) is 5.11 Å². The third kappa shape index (κ3) is 3.78. The summed E-state index contributed by atoms with van der Waals surface area (Å²) in [6, 6.07) is 6.39. The first kappa shape index (κ1) is 14.5. The Labute approximate surface area is 119 Å². The molecular weight excluding hydrogens is 276 g/mol. The van der Waals surface area contributed by atoms with Gasteiger partial charge >= 0.3 is 12.0 Å². The van der Waals surface area contributed by atoms with Crippen LogP contribution in [0.25, 0.3) is 10.9 Å². The van der Waals surface area contributed by atoms with Crippen LogP contribution < -0.4 is 5.32 Å². The Kier molecular flexibility index (Phi) is 4.50. The molecule has 8 heteroatoms. The molecule has 110 valence electrons. The molecule has 0 saturated carbocycles. The van der Waals surface area contributed by atoms with Crippen LogP contribution in [0.15, 0.2) is 34.5 Å². The molecule has 0 fully saturated rings. The van der Waals surface area contributed by atoms with Gasteiger partial charge in [0.2, 0.25) is 5.88 Å². The fourth-order valence-electron chi connectivity index (χ4n) is 1.78. The van der Waals surface area contributed by atoms with E-state index in [2.05, 4.69) is 20.5 Å². The number of nitrogens with zero attached hydrogens (tertiary/aromatic N) is 2. The molecule has 1 aromatic carbocycles. The second-order valence-corrected chi connectivity index (χ2v) is 4.30. The number of azo groups is 1. The highest BCUT2D eigenvalue weighted by atomic mass is 16.4. The van der Waals surface area contributed by atoms with Crippen molar-refractivity contribution in [1.82, 2.24) is 10.3 Å². The minimum Gasteiger partial charge on any atom is -0.493 e. The number of carboxylic acid groups (broad SMARTS) is 1. The van der Waals surface area contributed by atoms with Crippen molar-refractivity contribution in [3.63, 3.8) is 0 Å². The third-order valence-corrected chi connectivity index (χ3v) is 2.74. The van der Waals surface area contributed by atoms with E-state index in [1.54, 1.807) is 24.3 Å². The number of amides is 2. The van der Waals surface area contributed by atoms with Gasteiger partial charge in [-0.25, -0.2) is 4.79 Å². The largest absolute Gasteiger partial charge is 0.493 e. The zero-order valence-electron chi connectivity index (χ0n) is 11.0. The smallest absolute Gasteiger partial charge is 0.359 e. The van der Waals surface area contributed by atoms with Crippen molar-refractivity contribution in [2.45, 2.75) is 12.8 Å². The van der Waals surface area contributed by atoms with Crippen LogP contribution in [0.4, 0.5) is 10.5 Å². The quantitative estimate of drug-likeness (QED) is 0.498. The highest BCUT2D eigenvalue weighted by Crippen LogP contribution is 2.34. The van der Waals surface area contributed by atoms with Crippen molar-refractivity contribution in [2.75, 3.05) is 6.54 Å². The number of benzene rings is 1. The van der Waals surface area contributed by atoms with Crippen molar-refractivity contribution >= 4 is 28.6 Å². The maximum atomic E-state index is 11.4. The van der Waals surface area contributed by atoms with Gasteiger partial charge in [-0.05, 0) is 12.5 Å². The number of fused-ring (bicyclic) bond motifs is 1. The molecule has 0 aliphatic rings. The van der Waals surface area contributed by atoms with Gasteiger partial charge in [-0.3, -0.25) is 4.79 Å². The number of carboxylic acids is 1. The third-order valence-electron chi connectivity index (χ3n) is 2.74. The summed E-state index contributed by atoms with van der Waals surface area (Å²) in [4.78, 5) is 24.4. The van der Waals surface area contributed by atoms with Gasteiger partial charge in [0.05, 0.1) is 5.52 Å². The molecule has 21 heavy (non-hydrogen) atoms. The van der Waals surface area contributed by atoms with E-state index in [0.717, 1.165) is 0 Å². The summed E-state index contributed by atoms with van der Waals surface area (Å²) in [6.07, 6.45) is 0.287. The molecular formula is C13H14N4O4. The van der Waals surface area contributed by atoms with E-state index in [4.69, 9.17) is 5.11 Å². The van der Waals surface area contributed by atoms with Crippen molar-refractivity contribution in [2.24, 2.45) is 10.2 Å². The second-order valence-electron chi connectivity index (χ2n) is 4.30. The lowest BCUT2D eigenvalue weighted by molar-refractivity contribution is -0.137. The molecule has 0 bridgehead atoms. The van der Waals surface area contributed by atoms with Crippen LogP contribution >= 0.6 is 0 Å². The molecule has 1 aromatic heterocycles.